The van der Waals surface area contributed by atoms with E-state index in [-0.39, 0.29) is 24.1 Å². The number of rotatable bonds is 7. The van der Waals surface area contributed by atoms with E-state index in [9.17, 15) is 12.8 Å². The molecule has 1 aliphatic rings. The highest BCUT2D eigenvalue weighted by Crippen LogP contribution is 2.22. The SMILES string of the molecule is O=S1(=O)CCC(CCN(CCO)Cc2ccc(F)cc2)C1. The van der Waals surface area contributed by atoms with Crippen LogP contribution in [0.4, 0.5) is 4.39 Å². The topological polar surface area (TPSA) is 57.6 Å². The summed E-state index contributed by atoms with van der Waals surface area (Å²) in [6.45, 7) is 1.99. The van der Waals surface area contributed by atoms with E-state index in [0.29, 0.717) is 18.8 Å². The number of benzene rings is 1. The number of sulfone groups is 1. The van der Waals surface area contributed by atoms with Gasteiger partial charge in [0.2, 0.25) is 0 Å². The Morgan fingerprint density at radius 2 is 1.95 bits per heavy atom. The van der Waals surface area contributed by atoms with Crippen molar-refractivity contribution in [1.82, 2.24) is 4.90 Å². The van der Waals surface area contributed by atoms with Gasteiger partial charge in [-0.1, -0.05) is 12.1 Å². The molecular formula is C15H22FNO3S. The minimum absolute atomic E-state index is 0.0597. The number of aliphatic hydroxyl groups is 1. The monoisotopic (exact) mass is 315 g/mol. The molecule has 21 heavy (non-hydrogen) atoms. The molecule has 1 heterocycles. The molecule has 0 aliphatic carbocycles. The Morgan fingerprint density at radius 3 is 2.52 bits per heavy atom. The van der Waals surface area contributed by atoms with Gasteiger partial charge < -0.3 is 5.11 Å². The fraction of sp³-hybridized carbons (Fsp3) is 0.600. The quantitative estimate of drug-likeness (QED) is 0.827. The Morgan fingerprint density at radius 1 is 1.24 bits per heavy atom. The number of hydrogen-bond donors (Lipinski definition) is 1. The highest BCUT2D eigenvalue weighted by molar-refractivity contribution is 7.91. The van der Waals surface area contributed by atoms with Crippen LogP contribution >= 0.6 is 0 Å². The van der Waals surface area contributed by atoms with E-state index in [2.05, 4.69) is 4.90 Å². The van der Waals surface area contributed by atoms with E-state index in [1.165, 1.54) is 12.1 Å². The molecule has 1 N–H and O–H groups in total. The Kier molecular flexibility index (Phi) is 5.72. The minimum Gasteiger partial charge on any atom is -0.395 e. The molecule has 118 valence electrons. The molecule has 0 spiro atoms. The van der Waals surface area contributed by atoms with Crippen molar-refractivity contribution in [2.24, 2.45) is 5.92 Å². The predicted molar refractivity (Wildman–Crippen MR) is 80.1 cm³/mol. The van der Waals surface area contributed by atoms with Crippen molar-refractivity contribution < 1.29 is 17.9 Å². The minimum atomic E-state index is -2.83. The molecule has 6 heteroatoms. The zero-order valence-electron chi connectivity index (χ0n) is 12.0. The van der Waals surface area contributed by atoms with Gasteiger partial charge in [-0.25, -0.2) is 12.8 Å². The van der Waals surface area contributed by atoms with Gasteiger partial charge in [0.15, 0.2) is 9.84 Å². The molecular weight excluding hydrogens is 293 g/mol. The Balaban J connectivity index is 1.85. The molecule has 0 saturated carbocycles. The molecule has 0 bridgehead atoms. The van der Waals surface area contributed by atoms with Gasteiger partial charge in [-0.05, 0) is 43.0 Å². The summed E-state index contributed by atoms with van der Waals surface area (Å²) in [7, 11) is -2.83. The number of halogens is 1. The zero-order valence-corrected chi connectivity index (χ0v) is 12.9. The molecule has 1 saturated heterocycles. The van der Waals surface area contributed by atoms with Crippen LogP contribution in [0.5, 0.6) is 0 Å². The largest absolute Gasteiger partial charge is 0.395 e. The van der Waals surface area contributed by atoms with Crippen LogP contribution in [0.3, 0.4) is 0 Å². The number of aliphatic hydroxyl groups excluding tert-OH is 1. The van der Waals surface area contributed by atoms with E-state index in [4.69, 9.17) is 5.11 Å². The first kappa shape index (κ1) is 16.4. The predicted octanol–water partition coefficient (Wildman–Crippen LogP) is 1.44. The summed E-state index contributed by atoms with van der Waals surface area (Å²) < 4.78 is 35.8. The fourth-order valence-electron chi connectivity index (χ4n) is 2.72. The van der Waals surface area contributed by atoms with Gasteiger partial charge >= 0.3 is 0 Å². The summed E-state index contributed by atoms with van der Waals surface area (Å²) in [5, 5.41) is 9.14. The van der Waals surface area contributed by atoms with Crippen molar-refractivity contribution in [3.8, 4) is 0 Å². The number of nitrogens with zero attached hydrogens (tertiary/aromatic N) is 1. The van der Waals surface area contributed by atoms with Crippen LogP contribution in [0, 0.1) is 11.7 Å². The zero-order chi connectivity index (χ0) is 15.3. The summed E-state index contributed by atoms with van der Waals surface area (Å²) in [5.74, 6) is 0.555. The van der Waals surface area contributed by atoms with Crippen LogP contribution in [0.2, 0.25) is 0 Å². The Bertz CT molecular complexity index is 545. The van der Waals surface area contributed by atoms with Crippen LogP contribution < -0.4 is 0 Å². The Hall–Kier alpha value is -0.980. The molecule has 1 aromatic carbocycles. The second kappa shape index (κ2) is 7.33. The van der Waals surface area contributed by atoms with Crippen molar-refractivity contribution in [2.75, 3.05) is 31.2 Å². The van der Waals surface area contributed by atoms with Gasteiger partial charge in [0.25, 0.3) is 0 Å². The van der Waals surface area contributed by atoms with Gasteiger partial charge in [0.1, 0.15) is 5.82 Å². The van der Waals surface area contributed by atoms with Gasteiger partial charge in [0, 0.05) is 13.1 Å². The van der Waals surface area contributed by atoms with E-state index >= 15 is 0 Å². The normalized spacial score (nSPS) is 21.0. The third kappa shape index (κ3) is 5.37. The lowest BCUT2D eigenvalue weighted by atomic mass is 10.0. The summed E-state index contributed by atoms with van der Waals surface area (Å²) in [6, 6.07) is 6.32. The van der Waals surface area contributed by atoms with Crippen LogP contribution in [0.1, 0.15) is 18.4 Å². The van der Waals surface area contributed by atoms with Crippen LogP contribution in [0.15, 0.2) is 24.3 Å². The Labute approximate surface area is 125 Å². The van der Waals surface area contributed by atoms with Crippen molar-refractivity contribution in [3.63, 3.8) is 0 Å². The number of hydrogen-bond acceptors (Lipinski definition) is 4. The van der Waals surface area contributed by atoms with Crippen molar-refractivity contribution in [1.29, 1.82) is 0 Å². The van der Waals surface area contributed by atoms with Gasteiger partial charge in [-0.3, -0.25) is 4.90 Å². The maximum Gasteiger partial charge on any atom is 0.150 e. The molecule has 1 aliphatic heterocycles. The third-order valence-corrected chi connectivity index (χ3v) is 5.75. The molecule has 0 aromatic heterocycles. The van der Waals surface area contributed by atoms with Crippen molar-refractivity contribution in [2.45, 2.75) is 19.4 Å². The second-order valence-corrected chi connectivity index (χ2v) is 7.91. The van der Waals surface area contributed by atoms with Crippen LogP contribution in [0.25, 0.3) is 0 Å². The maximum atomic E-state index is 12.9. The van der Waals surface area contributed by atoms with E-state index < -0.39 is 9.84 Å². The summed E-state index contributed by atoms with van der Waals surface area (Å²) >= 11 is 0. The summed E-state index contributed by atoms with van der Waals surface area (Å²) in [5.41, 5.74) is 0.990. The second-order valence-electron chi connectivity index (χ2n) is 5.68. The van der Waals surface area contributed by atoms with Crippen molar-refractivity contribution in [3.05, 3.63) is 35.6 Å². The highest BCUT2D eigenvalue weighted by atomic mass is 32.2. The maximum absolute atomic E-state index is 12.9. The first-order valence-electron chi connectivity index (χ1n) is 7.26. The average molecular weight is 315 g/mol. The van der Waals surface area contributed by atoms with Crippen LogP contribution in [-0.4, -0.2) is 49.6 Å². The molecule has 1 unspecified atom stereocenters. The summed E-state index contributed by atoms with van der Waals surface area (Å²) in [4.78, 5) is 2.08. The van der Waals surface area contributed by atoms with Gasteiger partial charge in [-0.2, -0.15) is 0 Å². The molecule has 1 aromatic rings. The molecule has 0 radical (unpaired) electrons. The lowest BCUT2D eigenvalue weighted by Crippen LogP contribution is -2.29. The smallest absolute Gasteiger partial charge is 0.150 e. The first-order valence-corrected chi connectivity index (χ1v) is 9.09. The first-order chi connectivity index (χ1) is 9.98. The molecule has 4 nitrogen and oxygen atoms in total. The van der Waals surface area contributed by atoms with E-state index in [1.807, 2.05) is 0 Å². The lowest BCUT2D eigenvalue weighted by molar-refractivity contribution is 0.182. The molecule has 1 fully saturated rings. The lowest BCUT2D eigenvalue weighted by Gasteiger charge is -2.22. The fourth-order valence-corrected chi connectivity index (χ4v) is 4.63. The molecule has 1 atom stereocenters. The summed E-state index contributed by atoms with van der Waals surface area (Å²) in [6.07, 6.45) is 1.56. The van der Waals surface area contributed by atoms with E-state index in [1.54, 1.807) is 12.1 Å². The van der Waals surface area contributed by atoms with Gasteiger partial charge in [0.05, 0.1) is 18.1 Å². The highest BCUT2D eigenvalue weighted by Gasteiger charge is 2.27. The average Bonchev–Trinajstić information content (AvgIpc) is 2.78. The van der Waals surface area contributed by atoms with Crippen molar-refractivity contribution >= 4 is 9.84 Å². The standard InChI is InChI=1S/C15H22FNO3S/c16-15-3-1-13(2-4-15)11-17(8-9-18)7-5-14-6-10-21(19,20)12-14/h1-4,14,18H,5-12H2. The van der Waals surface area contributed by atoms with E-state index in [0.717, 1.165) is 24.9 Å². The molecule has 0 amide bonds. The molecule has 2 rings (SSSR count). The van der Waals surface area contributed by atoms with Gasteiger partial charge in [-0.15, -0.1) is 0 Å². The third-order valence-electron chi connectivity index (χ3n) is 3.92. The van der Waals surface area contributed by atoms with Crippen LogP contribution in [-0.2, 0) is 16.4 Å².